The Labute approximate surface area is 166 Å². The molecule has 0 aliphatic heterocycles. The van der Waals surface area contributed by atoms with Crippen LogP contribution in [-0.2, 0) is 14.3 Å². The van der Waals surface area contributed by atoms with E-state index in [1.165, 1.54) is 13.2 Å². The van der Waals surface area contributed by atoms with Crippen molar-refractivity contribution in [2.24, 2.45) is 0 Å². The van der Waals surface area contributed by atoms with Crippen molar-refractivity contribution in [2.45, 2.75) is 33.6 Å². The summed E-state index contributed by atoms with van der Waals surface area (Å²) in [4.78, 5) is 20.3. The predicted molar refractivity (Wildman–Crippen MR) is 110 cm³/mol. The highest BCUT2D eigenvalue weighted by Gasteiger charge is 2.02. The number of carbonyl (C=O) groups excluding carboxylic acids is 2. The van der Waals surface area contributed by atoms with Gasteiger partial charge in [0.15, 0.2) is 0 Å². The lowest BCUT2D eigenvalue weighted by molar-refractivity contribution is -0.134. The molecule has 0 aliphatic rings. The fourth-order valence-corrected chi connectivity index (χ4v) is 1.94. The van der Waals surface area contributed by atoms with Crippen LogP contribution >= 0.6 is 0 Å². The van der Waals surface area contributed by atoms with Gasteiger partial charge in [-0.1, -0.05) is 45.1 Å². The molecule has 0 radical (unpaired) electrons. The van der Waals surface area contributed by atoms with E-state index < -0.39 is 0 Å². The van der Waals surface area contributed by atoms with Gasteiger partial charge < -0.3 is 19.7 Å². The number of methoxy groups -OCH3 is 1. The van der Waals surface area contributed by atoms with E-state index in [1.54, 1.807) is 30.3 Å². The number of phenols is 2. The van der Waals surface area contributed by atoms with Gasteiger partial charge in [0.2, 0.25) is 0 Å². The van der Waals surface area contributed by atoms with Gasteiger partial charge in [0.05, 0.1) is 7.11 Å². The first-order valence-electron chi connectivity index (χ1n) is 8.96. The van der Waals surface area contributed by atoms with E-state index >= 15 is 0 Å². The van der Waals surface area contributed by atoms with E-state index in [4.69, 9.17) is 9.53 Å². The van der Waals surface area contributed by atoms with Crippen LogP contribution in [0.1, 0.15) is 44.7 Å². The van der Waals surface area contributed by atoms with Crippen molar-refractivity contribution >= 4 is 24.6 Å². The number of carbonyl (C=O) groups is 2. The molecule has 0 heterocycles. The smallest absolute Gasteiger partial charge is 0.311 e. The topological polar surface area (TPSA) is 93.1 Å². The van der Waals surface area contributed by atoms with Crippen molar-refractivity contribution in [1.82, 2.24) is 0 Å². The van der Waals surface area contributed by atoms with Crippen molar-refractivity contribution < 1.29 is 29.3 Å². The summed E-state index contributed by atoms with van der Waals surface area (Å²) in [5.41, 5.74) is 1.61. The van der Waals surface area contributed by atoms with E-state index in [9.17, 15) is 15.0 Å². The Hall–Kier alpha value is -3.28. The second-order valence-corrected chi connectivity index (χ2v) is 5.24. The minimum absolute atomic E-state index is 0.0119. The molecule has 0 saturated carbocycles. The van der Waals surface area contributed by atoms with Crippen LogP contribution in [0.3, 0.4) is 0 Å². The Bertz CT molecular complexity index is 715. The quantitative estimate of drug-likeness (QED) is 0.320. The second-order valence-electron chi connectivity index (χ2n) is 5.24. The lowest BCUT2D eigenvalue weighted by Gasteiger charge is -2.03. The van der Waals surface area contributed by atoms with Crippen LogP contribution in [0.4, 0.5) is 0 Å². The fraction of sp³-hybridized carbons (Fsp3) is 0.273. The molecule has 0 aromatic heterocycles. The molecule has 0 bridgehead atoms. The first-order chi connectivity index (χ1) is 13.5. The fourth-order valence-electron chi connectivity index (χ4n) is 1.94. The van der Waals surface area contributed by atoms with Gasteiger partial charge in [0.1, 0.15) is 17.2 Å². The summed E-state index contributed by atoms with van der Waals surface area (Å²) in [6.07, 6.45) is 4.78. The van der Waals surface area contributed by atoms with E-state index in [0.717, 1.165) is 12.0 Å². The average molecular weight is 388 g/mol. The molecule has 152 valence electrons. The Kier molecular flexibility index (Phi) is 13.1. The highest BCUT2D eigenvalue weighted by molar-refractivity contribution is 5.73. The Morgan fingerprint density at radius 3 is 1.93 bits per heavy atom. The van der Waals surface area contributed by atoms with Crippen LogP contribution < -0.4 is 4.74 Å². The van der Waals surface area contributed by atoms with Crippen molar-refractivity contribution in [3.05, 3.63) is 53.6 Å². The van der Waals surface area contributed by atoms with Crippen LogP contribution in [0.5, 0.6) is 17.2 Å². The summed E-state index contributed by atoms with van der Waals surface area (Å²) >= 11 is 0. The van der Waals surface area contributed by atoms with Gasteiger partial charge in [-0.2, -0.15) is 0 Å². The lowest BCUT2D eigenvalue weighted by atomic mass is 10.1. The standard InChI is InChI=1S/C18H18O4.C2H4O2.C2H6/c1-2-3-18(21)22-17-8-6-13(7-9-17)4-5-14-10-15(19)12-16(20)11-14;1-4-2-3;1-2/h4-12,19-20H,2-3H2,1H3;2H,1H3;1-2H3/b5-4+;;. The maximum absolute atomic E-state index is 11.4. The Morgan fingerprint density at radius 1 is 0.964 bits per heavy atom. The number of hydrogen-bond donors (Lipinski definition) is 2. The summed E-state index contributed by atoms with van der Waals surface area (Å²) < 4.78 is 9.04. The number of hydrogen-bond acceptors (Lipinski definition) is 6. The van der Waals surface area contributed by atoms with Crippen LogP contribution in [0.25, 0.3) is 12.2 Å². The molecule has 28 heavy (non-hydrogen) atoms. The summed E-state index contributed by atoms with van der Waals surface area (Å²) in [6.45, 7) is 6.30. The molecule has 2 N–H and O–H groups in total. The normalized spacial score (nSPS) is 9.43. The van der Waals surface area contributed by atoms with Gasteiger partial charge in [0, 0.05) is 12.5 Å². The minimum atomic E-state index is -0.235. The van der Waals surface area contributed by atoms with Gasteiger partial charge in [-0.3, -0.25) is 9.59 Å². The van der Waals surface area contributed by atoms with E-state index in [2.05, 4.69) is 4.74 Å². The van der Waals surface area contributed by atoms with Crippen molar-refractivity contribution in [2.75, 3.05) is 7.11 Å². The summed E-state index contributed by atoms with van der Waals surface area (Å²) in [7, 11) is 1.31. The van der Waals surface area contributed by atoms with Crippen molar-refractivity contribution in [1.29, 1.82) is 0 Å². The molecule has 6 heteroatoms. The molecule has 2 aromatic rings. The number of aromatic hydroxyl groups is 2. The van der Waals surface area contributed by atoms with Crippen LogP contribution in [0.15, 0.2) is 42.5 Å². The molecule has 0 atom stereocenters. The van der Waals surface area contributed by atoms with E-state index in [1.807, 2.05) is 39.0 Å². The van der Waals surface area contributed by atoms with Gasteiger partial charge in [-0.25, -0.2) is 0 Å². The maximum atomic E-state index is 11.4. The molecule has 6 nitrogen and oxygen atoms in total. The highest BCUT2D eigenvalue weighted by Crippen LogP contribution is 2.22. The third-order valence-electron chi connectivity index (χ3n) is 3.06. The third-order valence-corrected chi connectivity index (χ3v) is 3.06. The molecule has 2 rings (SSSR count). The zero-order chi connectivity index (χ0) is 21.4. The van der Waals surface area contributed by atoms with Gasteiger partial charge in [0.25, 0.3) is 6.47 Å². The first kappa shape index (κ1) is 24.7. The molecule has 2 aromatic carbocycles. The lowest BCUT2D eigenvalue weighted by Crippen LogP contribution is -2.06. The number of ether oxygens (including phenoxy) is 2. The molecule has 0 spiro atoms. The van der Waals surface area contributed by atoms with Gasteiger partial charge >= 0.3 is 5.97 Å². The SMILES string of the molecule is CC.CCCC(=O)Oc1ccc(/C=C/c2cc(O)cc(O)c2)cc1.COC=O. The predicted octanol–water partition coefficient (Wildman–Crippen LogP) is 4.79. The number of phenolic OH excluding ortho intramolecular Hbond substituents is 2. The van der Waals surface area contributed by atoms with Gasteiger partial charge in [-0.15, -0.1) is 0 Å². The largest absolute Gasteiger partial charge is 0.508 e. The molecular weight excluding hydrogens is 360 g/mol. The zero-order valence-corrected chi connectivity index (χ0v) is 16.7. The number of rotatable bonds is 6. The molecule has 0 aliphatic carbocycles. The molecule has 0 saturated heterocycles. The summed E-state index contributed by atoms with van der Waals surface area (Å²) in [6, 6.07) is 11.5. The Balaban J connectivity index is 0.00000108. The maximum Gasteiger partial charge on any atom is 0.311 e. The molecular formula is C22H28O6. The van der Waals surface area contributed by atoms with Gasteiger partial charge in [-0.05, 0) is 41.8 Å². The molecule has 0 amide bonds. The average Bonchev–Trinajstić information content (AvgIpc) is 2.69. The highest BCUT2D eigenvalue weighted by atomic mass is 16.5. The molecule has 0 unspecified atom stereocenters. The first-order valence-corrected chi connectivity index (χ1v) is 8.96. The van der Waals surface area contributed by atoms with Crippen LogP contribution in [0, 0.1) is 0 Å². The zero-order valence-electron chi connectivity index (χ0n) is 16.7. The molecule has 0 fully saturated rings. The number of esters is 1. The van der Waals surface area contributed by atoms with E-state index in [-0.39, 0.29) is 17.5 Å². The second kappa shape index (κ2) is 14.8. The van der Waals surface area contributed by atoms with E-state index in [0.29, 0.717) is 24.2 Å². The Morgan fingerprint density at radius 2 is 1.46 bits per heavy atom. The monoisotopic (exact) mass is 388 g/mol. The van der Waals surface area contributed by atoms with Crippen LogP contribution in [0.2, 0.25) is 0 Å². The van der Waals surface area contributed by atoms with Crippen molar-refractivity contribution in [3.63, 3.8) is 0 Å². The van der Waals surface area contributed by atoms with Crippen molar-refractivity contribution in [3.8, 4) is 17.2 Å². The third kappa shape index (κ3) is 10.7. The minimum Gasteiger partial charge on any atom is -0.508 e. The number of benzene rings is 2. The van der Waals surface area contributed by atoms with Crippen LogP contribution in [-0.4, -0.2) is 29.8 Å². The summed E-state index contributed by atoms with van der Waals surface area (Å²) in [5, 5.41) is 18.8. The summed E-state index contributed by atoms with van der Waals surface area (Å²) in [5.74, 6) is 0.308.